The van der Waals surface area contributed by atoms with Gasteiger partial charge in [0.1, 0.15) is 6.10 Å². The number of ketones is 1. The Labute approximate surface area is 138 Å². The van der Waals surface area contributed by atoms with E-state index in [1.165, 1.54) is 31.2 Å². The van der Waals surface area contributed by atoms with Crippen LogP contribution in [0.5, 0.6) is 0 Å². The molecule has 0 aromatic heterocycles. The van der Waals surface area contributed by atoms with Gasteiger partial charge >= 0.3 is 5.97 Å². The molecular weight excluding hydrogens is 320 g/mol. The molecule has 2 atom stereocenters. The summed E-state index contributed by atoms with van der Waals surface area (Å²) >= 11 is 1.08. The van der Waals surface area contributed by atoms with Crippen LogP contribution >= 0.6 is 11.8 Å². The van der Waals surface area contributed by atoms with E-state index in [0.29, 0.717) is 16.9 Å². The smallest absolute Gasteiger partial charge is 0.303 e. The van der Waals surface area contributed by atoms with Crippen LogP contribution in [0.1, 0.15) is 48.2 Å². The standard InChI is InChI=1S/C16H20O6S/c1-10(17)23-9-8-14(19)16(22)12-4-2-11(3-5-12)13(18)6-7-15(20)21/h2-5,14,16,19,22H,6-9H2,1H3,(H,20,21). The summed E-state index contributed by atoms with van der Waals surface area (Å²) in [6, 6.07) is 6.06. The Kier molecular flexibility index (Phi) is 7.94. The molecule has 1 aromatic carbocycles. The molecule has 0 bridgehead atoms. The first-order valence-electron chi connectivity index (χ1n) is 7.15. The van der Waals surface area contributed by atoms with Gasteiger partial charge in [0, 0.05) is 24.7 Å². The molecule has 0 spiro atoms. The number of carboxylic acids is 1. The predicted octanol–water partition coefficient (Wildman–Crippen LogP) is 1.80. The zero-order chi connectivity index (χ0) is 17.4. The minimum atomic E-state index is -1.11. The Morgan fingerprint density at radius 1 is 1.09 bits per heavy atom. The quantitative estimate of drug-likeness (QED) is 0.588. The van der Waals surface area contributed by atoms with Gasteiger partial charge in [-0.1, -0.05) is 36.0 Å². The number of Topliss-reactive ketones (excluding diaryl/α,β-unsaturated/α-hetero) is 1. The summed E-state index contributed by atoms with van der Waals surface area (Å²) in [4.78, 5) is 33.0. The Balaban J connectivity index is 2.59. The highest BCUT2D eigenvalue weighted by Gasteiger charge is 2.19. The first kappa shape index (κ1) is 19.3. The van der Waals surface area contributed by atoms with Gasteiger partial charge in [0.2, 0.25) is 0 Å². The first-order valence-corrected chi connectivity index (χ1v) is 8.14. The Morgan fingerprint density at radius 2 is 1.70 bits per heavy atom. The van der Waals surface area contributed by atoms with Gasteiger partial charge in [-0.3, -0.25) is 14.4 Å². The number of thioether (sulfide) groups is 1. The van der Waals surface area contributed by atoms with Gasteiger partial charge in [0.05, 0.1) is 12.5 Å². The summed E-state index contributed by atoms with van der Waals surface area (Å²) in [7, 11) is 0. The number of benzene rings is 1. The van der Waals surface area contributed by atoms with Gasteiger partial charge in [0.25, 0.3) is 0 Å². The maximum atomic E-state index is 11.8. The monoisotopic (exact) mass is 340 g/mol. The van der Waals surface area contributed by atoms with Crippen molar-refractivity contribution < 1.29 is 29.7 Å². The van der Waals surface area contributed by atoms with E-state index in [1.807, 2.05) is 0 Å². The minimum absolute atomic E-state index is 0.0454. The normalized spacial score (nSPS) is 13.3. The average Bonchev–Trinajstić information content (AvgIpc) is 2.51. The van der Waals surface area contributed by atoms with Crippen LogP contribution in [0.15, 0.2) is 24.3 Å². The average molecular weight is 340 g/mol. The van der Waals surface area contributed by atoms with Gasteiger partial charge in [0.15, 0.2) is 10.9 Å². The van der Waals surface area contributed by atoms with E-state index < -0.39 is 18.2 Å². The molecule has 126 valence electrons. The van der Waals surface area contributed by atoms with E-state index in [0.717, 1.165) is 11.8 Å². The Morgan fingerprint density at radius 3 is 2.22 bits per heavy atom. The van der Waals surface area contributed by atoms with Gasteiger partial charge in [-0.05, 0) is 12.0 Å². The van der Waals surface area contributed by atoms with E-state index in [9.17, 15) is 24.6 Å². The largest absolute Gasteiger partial charge is 0.481 e. The molecule has 0 amide bonds. The fraction of sp³-hybridized carbons (Fsp3) is 0.438. The van der Waals surface area contributed by atoms with Crippen molar-refractivity contribution in [3.8, 4) is 0 Å². The zero-order valence-electron chi connectivity index (χ0n) is 12.8. The van der Waals surface area contributed by atoms with Crippen LogP contribution in [-0.4, -0.2) is 44.0 Å². The molecule has 1 aromatic rings. The maximum absolute atomic E-state index is 11.8. The molecule has 3 N–H and O–H groups in total. The van der Waals surface area contributed by atoms with Crippen LogP contribution in [0.3, 0.4) is 0 Å². The molecule has 2 unspecified atom stereocenters. The van der Waals surface area contributed by atoms with Crippen molar-refractivity contribution in [2.45, 2.75) is 38.4 Å². The molecule has 0 saturated carbocycles. The molecule has 6 nitrogen and oxygen atoms in total. The SMILES string of the molecule is CC(=O)SCCC(O)C(O)c1ccc(C(=O)CCC(=O)O)cc1. The van der Waals surface area contributed by atoms with Crippen molar-refractivity contribution in [2.24, 2.45) is 0 Å². The molecule has 0 saturated heterocycles. The molecule has 0 heterocycles. The highest BCUT2D eigenvalue weighted by Crippen LogP contribution is 2.21. The number of aliphatic carboxylic acids is 1. The number of hydrogen-bond acceptors (Lipinski definition) is 6. The van der Waals surface area contributed by atoms with Crippen molar-refractivity contribution in [3.63, 3.8) is 0 Å². The van der Waals surface area contributed by atoms with E-state index in [4.69, 9.17) is 5.11 Å². The van der Waals surface area contributed by atoms with Crippen LogP contribution in [0.4, 0.5) is 0 Å². The first-order chi connectivity index (χ1) is 10.8. The molecule has 0 aliphatic carbocycles. The van der Waals surface area contributed by atoms with Crippen LogP contribution in [-0.2, 0) is 9.59 Å². The van der Waals surface area contributed by atoms with Crippen LogP contribution < -0.4 is 0 Å². The second-order valence-electron chi connectivity index (χ2n) is 5.08. The van der Waals surface area contributed by atoms with E-state index in [-0.39, 0.29) is 30.2 Å². The van der Waals surface area contributed by atoms with Gasteiger partial charge in [-0.2, -0.15) is 0 Å². The third kappa shape index (κ3) is 6.94. The lowest BCUT2D eigenvalue weighted by atomic mass is 9.99. The predicted molar refractivity (Wildman–Crippen MR) is 86.4 cm³/mol. The third-order valence-electron chi connectivity index (χ3n) is 3.22. The molecule has 7 heteroatoms. The topological polar surface area (TPSA) is 112 Å². The lowest BCUT2D eigenvalue weighted by Gasteiger charge is -2.18. The van der Waals surface area contributed by atoms with Gasteiger partial charge in [-0.15, -0.1) is 0 Å². The lowest BCUT2D eigenvalue weighted by Crippen LogP contribution is -2.19. The number of aliphatic hydroxyl groups is 2. The van der Waals surface area contributed by atoms with E-state index in [2.05, 4.69) is 0 Å². The number of carbonyl (C=O) groups excluding carboxylic acids is 2. The summed E-state index contributed by atoms with van der Waals surface area (Å²) in [6.45, 7) is 1.44. The van der Waals surface area contributed by atoms with E-state index in [1.54, 1.807) is 0 Å². The summed E-state index contributed by atoms with van der Waals surface area (Å²) in [5.41, 5.74) is 0.823. The van der Waals surface area contributed by atoms with Gasteiger partial charge in [-0.25, -0.2) is 0 Å². The third-order valence-corrected chi connectivity index (χ3v) is 4.07. The maximum Gasteiger partial charge on any atom is 0.303 e. The van der Waals surface area contributed by atoms with Gasteiger partial charge < -0.3 is 15.3 Å². The van der Waals surface area contributed by atoms with Crippen molar-refractivity contribution in [1.29, 1.82) is 0 Å². The number of rotatable bonds is 9. The van der Waals surface area contributed by atoms with Crippen LogP contribution in [0.25, 0.3) is 0 Å². The number of aliphatic hydroxyl groups excluding tert-OH is 2. The molecular formula is C16H20O6S. The van der Waals surface area contributed by atoms with Crippen molar-refractivity contribution in [2.75, 3.05) is 5.75 Å². The minimum Gasteiger partial charge on any atom is -0.481 e. The second kappa shape index (κ2) is 9.44. The molecule has 1 rings (SSSR count). The fourth-order valence-electron chi connectivity index (χ4n) is 1.93. The van der Waals surface area contributed by atoms with Crippen molar-refractivity contribution in [1.82, 2.24) is 0 Å². The highest BCUT2D eigenvalue weighted by molar-refractivity contribution is 8.13. The van der Waals surface area contributed by atoms with E-state index >= 15 is 0 Å². The van der Waals surface area contributed by atoms with Crippen LogP contribution in [0.2, 0.25) is 0 Å². The summed E-state index contributed by atoms with van der Waals surface area (Å²) in [5.74, 6) is -0.900. The summed E-state index contributed by atoms with van der Waals surface area (Å²) < 4.78 is 0. The molecule has 0 aliphatic rings. The Bertz CT molecular complexity index is 554. The number of carboxylic acid groups (broad SMARTS) is 1. The summed E-state index contributed by atoms with van der Waals surface area (Å²) in [5, 5.41) is 28.5. The molecule has 0 aliphatic heterocycles. The number of carbonyl (C=O) groups is 3. The van der Waals surface area contributed by atoms with Crippen molar-refractivity contribution >= 4 is 28.6 Å². The second-order valence-corrected chi connectivity index (χ2v) is 6.35. The zero-order valence-corrected chi connectivity index (χ0v) is 13.6. The molecule has 0 radical (unpaired) electrons. The fourth-order valence-corrected chi connectivity index (χ4v) is 2.58. The molecule has 23 heavy (non-hydrogen) atoms. The van der Waals surface area contributed by atoms with Crippen molar-refractivity contribution in [3.05, 3.63) is 35.4 Å². The highest BCUT2D eigenvalue weighted by atomic mass is 32.2. The number of hydrogen-bond donors (Lipinski definition) is 3. The summed E-state index contributed by atoms with van der Waals surface area (Å²) in [6.07, 6.45) is -2.15. The Hall–Kier alpha value is -1.70. The lowest BCUT2D eigenvalue weighted by molar-refractivity contribution is -0.136. The molecule has 0 fully saturated rings. The van der Waals surface area contributed by atoms with Crippen LogP contribution in [0, 0.1) is 0 Å².